The number of nitrogens with one attached hydrogen (secondary N) is 1. The second-order valence-electron chi connectivity index (χ2n) is 5.93. The molecule has 0 aliphatic heterocycles. The number of nitrogens with zero attached hydrogens (tertiary/aromatic N) is 4. The van der Waals surface area contributed by atoms with Gasteiger partial charge >= 0.3 is 0 Å². The largest absolute Gasteiger partial charge is 0.240 e. The molecule has 25 heavy (non-hydrogen) atoms. The van der Waals surface area contributed by atoms with Crippen LogP contribution in [-0.2, 0) is 29.4 Å². The third-order valence-electron chi connectivity index (χ3n) is 4.34. The Hall–Kier alpha value is -2.58. The highest BCUT2D eigenvalue weighted by molar-refractivity contribution is 7.89. The smallest absolute Gasteiger partial charge is 0.237 e. The fourth-order valence-electron chi connectivity index (χ4n) is 3.06. The lowest BCUT2D eigenvalue weighted by Crippen LogP contribution is -2.24. The standard InChI is InChI=1S/C17H17N5O2S/c23-25(24,16-7-6-13-3-1-4-14(13)9-16)21-10-15-5-2-8-19-17(15)22-12-18-11-20-22/h2,5-9,11-12,21H,1,3-4,10H2. The number of fused-ring (bicyclic) bond motifs is 1. The van der Waals surface area contributed by atoms with Crippen molar-refractivity contribution in [1.29, 1.82) is 0 Å². The normalized spacial score (nSPS) is 13.8. The second-order valence-corrected chi connectivity index (χ2v) is 7.70. The molecule has 1 aromatic carbocycles. The van der Waals surface area contributed by atoms with Gasteiger partial charge in [0.1, 0.15) is 12.7 Å². The number of rotatable bonds is 5. The average molecular weight is 355 g/mol. The highest BCUT2D eigenvalue weighted by atomic mass is 32.2. The molecule has 0 saturated heterocycles. The SMILES string of the molecule is O=S(=O)(NCc1cccnc1-n1cncn1)c1ccc2c(c1)CCC2. The lowest BCUT2D eigenvalue weighted by molar-refractivity contribution is 0.581. The van der Waals surface area contributed by atoms with Crippen molar-refractivity contribution in [2.24, 2.45) is 0 Å². The quantitative estimate of drug-likeness (QED) is 0.751. The highest BCUT2D eigenvalue weighted by Crippen LogP contribution is 2.24. The number of hydrogen-bond donors (Lipinski definition) is 1. The van der Waals surface area contributed by atoms with E-state index in [1.807, 2.05) is 12.1 Å². The Morgan fingerprint density at radius 3 is 2.88 bits per heavy atom. The van der Waals surface area contributed by atoms with Crippen LogP contribution >= 0.6 is 0 Å². The van der Waals surface area contributed by atoms with Gasteiger partial charge in [-0.05, 0) is 48.6 Å². The van der Waals surface area contributed by atoms with Crippen LogP contribution in [0.15, 0.2) is 54.1 Å². The molecule has 1 aliphatic carbocycles. The van der Waals surface area contributed by atoms with Gasteiger partial charge in [0, 0.05) is 18.3 Å². The summed E-state index contributed by atoms with van der Waals surface area (Å²) in [5.74, 6) is 0.552. The van der Waals surface area contributed by atoms with Gasteiger partial charge in [-0.2, -0.15) is 5.10 Å². The summed E-state index contributed by atoms with van der Waals surface area (Å²) in [5, 5.41) is 4.05. The molecule has 0 spiro atoms. The summed E-state index contributed by atoms with van der Waals surface area (Å²) in [5.41, 5.74) is 3.10. The van der Waals surface area contributed by atoms with Crippen molar-refractivity contribution in [3.63, 3.8) is 0 Å². The Morgan fingerprint density at radius 1 is 1.16 bits per heavy atom. The first-order chi connectivity index (χ1) is 12.1. The summed E-state index contributed by atoms with van der Waals surface area (Å²) in [6.07, 6.45) is 7.63. The van der Waals surface area contributed by atoms with Gasteiger partial charge in [0.15, 0.2) is 5.82 Å². The topological polar surface area (TPSA) is 89.8 Å². The second kappa shape index (κ2) is 6.38. The molecule has 2 heterocycles. The Labute approximate surface area is 145 Å². The molecule has 0 fully saturated rings. The first-order valence-corrected chi connectivity index (χ1v) is 9.52. The minimum absolute atomic E-state index is 0.127. The van der Waals surface area contributed by atoms with E-state index < -0.39 is 10.0 Å². The predicted molar refractivity (Wildman–Crippen MR) is 91.6 cm³/mol. The first-order valence-electron chi connectivity index (χ1n) is 8.04. The fourth-order valence-corrected chi connectivity index (χ4v) is 4.12. The van der Waals surface area contributed by atoms with Gasteiger partial charge < -0.3 is 0 Å². The number of pyridine rings is 1. The number of sulfonamides is 1. The van der Waals surface area contributed by atoms with E-state index in [1.165, 1.54) is 22.9 Å². The van der Waals surface area contributed by atoms with Gasteiger partial charge in [-0.25, -0.2) is 27.8 Å². The molecule has 0 radical (unpaired) electrons. The van der Waals surface area contributed by atoms with Crippen molar-refractivity contribution in [3.8, 4) is 5.82 Å². The molecule has 7 nitrogen and oxygen atoms in total. The number of aryl methyl sites for hydroxylation is 2. The van der Waals surface area contributed by atoms with Gasteiger partial charge in [0.25, 0.3) is 0 Å². The van der Waals surface area contributed by atoms with Crippen LogP contribution in [0.5, 0.6) is 0 Å². The molecule has 128 valence electrons. The number of benzene rings is 1. The fraction of sp³-hybridized carbons (Fsp3) is 0.235. The molecule has 1 aliphatic rings. The Kier molecular flexibility index (Phi) is 4.06. The third-order valence-corrected chi connectivity index (χ3v) is 5.74. The highest BCUT2D eigenvalue weighted by Gasteiger charge is 2.19. The van der Waals surface area contributed by atoms with E-state index in [2.05, 4.69) is 19.8 Å². The van der Waals surface area contributed by atoms with E-state index in [1.54, 1.807) is 24.4 Å². The maximum absolute atomic E-state index is 12.6. The Morgan fingerprint density at radius 2 is 2.04 bits per heavy atom. The summed E-state index contributed by atoms with van der Waals surface area (Å²) >= 11 is 0. The Balaban J connectivity index is 1.57. The third kappa shape index (κ3) is 3.18. The van der Waals surface area contributed by atoms with Crippen LogP contribution in [0.2, 0.25) is 0 Å². The van der Waals surface area contributed by atoms with Crippen LogP contribution in [0.4, 0.5) is 0 Å². The van der Waals surface area contributed by atoms with E-state index in [0.717, 1.165) is 30.4 Å². The lowest BCUT2D eigenvalue weighted by atomic mass is 10.1. The molecule has 0 amide bonds. The van der Waals surface area contributed by atoms with E-state index in [-0.39, 0.29) is 6.54 Å². The summed E-state index contributed by atoms with van der Waals surface area (Å²) in [6.45, 7) is 0.127. The number of hydrogen-bond acceptors (Lipinski definition) is 5. The molecule has 1 N–H and O–H groups in total. The van der Waals surface area contributed by atoms with Gasteiger partial charge in [-0.15, -0.1) is 0 Å². The number of aromatic nitrogens is 4. The van der Waals surface area contributed by atoms with Crippen LogP contribution in [-0.4, -0.2) is 28.2 Å². The van der Waals surface area contributed by atoms with Gasteiger partial charge in [-0.3, -0.25) is 0 Å². The molecule has 0 saturated carbocycles. The molecule has 0 atom stereocenters. The van der Waals surface area contributed by atoms with Crippen molar-refractivity contribution < 1.29 is 8.42 Å². The minimum Gasteiger partial charge on any atom is -0.237 e. The zero-order valence-corrected chi connectivity index (χ0v) is 14.3. The minimum atomic E-state index is -3.59. The summed E-state index contributed by atoms with van der Waals surface area (Å²) in [4.78, 5) is 8.47. The van der Waals surface area contributed by atoms with E-state index in [0.29, 0.717) is 10.7 Å². The van der Waals surface area contributed by atoms with Gasteiger partial charge in [-0.1, -0.05) is 12.1 Å². The van der Waals surface area contributed by atoms with Gasteiger partial charge in [0.2, 0.25) is 10.0 Å². The molecular formula is C17H17N5O2S. The molecule has 0 unspecified atom stereocenters. The van der Waals surface area contributed by atoms with Crippen molar-refractivity contribution >= 4 is 10.0 Å². The zero-order valence-electron chi connectivity index (χ0n) is 13.5. The molecule has 3 aromatic rings. The van der Waals surface area contributed by atoms with E-state index in [4.69, 9.17) is 0 Å². The monoisotopic (exact) mass is 355 g/mol. The predicted octanol–water partition coefficient (Wildman–Crippen LogP) is 1.63. The van der Waals surface area contributed by atoms with Crippen LogP contribution in [0.25, 0.3) is 5.82 Å². The van der Waals surface area contributed by atoms with Crippen LogP contribution in [0.1, 0.15) is 23.1 Å². The summed E-state index contributed by atoms with van der Waals surface area (Å²) < 4.78 is 29.4. The first kappa shape index (κ1) is 15.9. The van der Waals surface area contributed by atoms with Crippen molar-refractivity contribution in [1.82, 2.24) is 24.5 Å². The van der Waals surface area contributed by atoms with Crippen molar-refractivity contribution in [2.75, 3.05) is 0 Å². The average Bonchev–Trinajstić information content (AvgIpc) is 3.31. The maximum atomic E-state index is 12.6. The molecule has 4 rings (SSSR count). The summed E-state index contributed by atoms with van der Waals surface area (Å²) in [6, 6.07) is 8.96. The zero-order chi connectivity index (χ0) is 17.3. The summed E-state index contributed by atoms with van der Waals surface area (Å²) in [7, 11) is -3.59. The van der Waals surface area contributed by atoms with Crippen LogP contribution in [0, 0.1) is 0 Å². The molecule has 8 heteroatoms. The van der Waals surface area contributed by atoms with Crippen molar-refractivity contribution in [2.45, 2.75) is 30.7 Å². The van der Waals surface area contributed by atoms with Gasteiger partial charge in [0.05, 0.1) is 4.90 Å². The van der Waals surface area contributed by atoms with Crippen LogP contribution < -0.4 is 4.72 Å². The van der Waals surface area contributed by atoms with Crippen LogP contribution in [0.3, 0.4) is 0 Å². The molecule has 0 bridgehead atoms. The molecule has 2 aromatic heterocycles. The maximum Gasteiger partial charge on any atom is 0.240 e. The van der Waals surface area contributed by atoms with E-state index >= 15 is 0 Å². The molecular weight excluding hydrogens is 338 g/mol. The van der Waals surface area contributed by atoms with Crippen molar-refractivity contribution in [3.05, 3.63) is 65.9 Å². The Bertz CT molecular complexity index is 1000. The van der Waals surface area contributed by atoms with E-state index in [9.17, 15) is 8.42 Å². The lowest BCUT2D eigenvalue weighted by Gasteiger charge is -2.11.